The van der Waals surface area contributed by atoms with Gasteiger partial charge in [-0.25, -0.2) is 0 Å². The molecule has 0 amide bonds. The van der Waals surface area contributed by atoms with Crippen molar-refractivity contribution in [1.29, 1.82) is 5.26 Å². The van der Waals surface area contributed by atoms with Crippen molar-refractivity contribution in [2.24, 2.45) is 0 Å². The van der Waals surface area contributed by atoms with E-state index >= 15 is 0 Å². The second kappa shape index (κ2) is 5.56. The summed E-state index contributed by atoms with van der Waals surface area (Å²) < 4.78 is 0. The van der Waals surface area contributed by atoms with Crippen LogP contribution >= 0.6 is 11.6 Å². The standard InChI is InChI=1S/C17H15ClN2/c18-15-8-9-17(14(11-15)12-19)20-10-4-3-6-13-5-1-2-7-16(13)20/h1-2,5,7-9,11H,3-4,6,10H2. The summed E-state index contributed by atoms with van der Waals surface area (Å²) in [6.07, 6.45) is 3.41. The van der Waals surface area contributed by atoms with Crippen molar-refractivity contribution in [1.82, 2.24) is 0 Å². The van der Waals surface area contributed by atoms with Gasteiger partial charge in [0.15, 0.2) is 0 Å². The Morgan fingerprint density at radius 3 is 2.75 bits per heavy atom. The van der Waals surface area contributed by atoms with Gasteiger partial charge in [0.25, 0.3) is 0 Å². The van der Waals surface area contributed by atoms with Crippen LogP contribution in [0.4, 0.5) is 11.4 Å². The third kappa shape index (κ3) is 2.37. The van der Waals surface area contributed by atoms with Gasteiger partial charge >= 0.3 is 0 Å². The number of hydrogen-bond donors (Lipinski definition) is 0. The Bertz CT molecular complexity index is 673. The van der Waals surface area contributed by atoms with Crippen LogP contribution in [0, 0.1) is 11.3 Å². The molecule has 3 rings (SSSR count). The molecular formula is C17H15ClN2. The second-order valence-electron chi connectivity index (χ2n) is 5.01. The number of nitriles is 1. The number of rotatable bonds is 1. The van der Waals surface area contributed by atoms with E-state index in [-0.39, 0.29) is 0 Å². The SMILES string of the molecule is N#Cc1cc(Cl)ccc1N1CCCCc2ccccc21. The first-order valence-electron chi connectivity index (χ1n) is 6.84. The van der Waals surface area contributed by atoms with Gasteiger partial charge < -0.3 is 4.90 Å². The molecule has 0 fully saturated rings. The minimum Gasteiger partial charge on any atom is -0.340 e. The molecule has 100 valence electrons. The molecule has 0 atom stereocenters. The zero-order chi connectivity index (χ0) is 13.9. The van der Waals surface area contributed by atoms with Crippen LogP contribution < -0.4 is 4.90 Å². The summed E-state index contributed by atoms with van der Waals surface area (Å²) in [6, 6.07) is 16.2. The summed E-state index contributed by atoms with van der Waals surface area (Å²) in [5, 5.41) is 9.96. The number of fused-ring (bicyclic) bond motifs is 1. The molecule has 2 aromatic carbocycles. The number of halogens is 1. The molecule has 1 aliphatic heterocycles. The van der Waals surface area contributed by atoms with Gasteiger partial charge in [-0.1, -0.05) is 29.8 Å². The fraction of sp³-hybridized carbons (Fsp3) is 0.235. The number of para-hydroxylation sites is 1. The zero-order valence-corrected chi connectivity index (χ0v) is 11.9. The van der Waals surface area contributed by atoms with Crippen molar-refractivity contribution in [3.8, 4) is 6.07 Å². The predicted molar refractivity (Wildman–Crippen MR) is 82.6 cm³/mol. The average molecular weight is 283 g/mol. The van der Waals surface area contributed by atoms with Crippen LogP contribution in [0.25, 0.3) is 0 Å². The van der Waals surface area contributed by atoms with Crippen LogP contribution in [0.2, 0.25) is 5.02 Å². The molecule has 0 spiro atoms. The van der Waals surface area contributed by atoms with E-state index in [0.29, 0.717) is 10.6 Å². The predicted octanol–water partition coefficient (Wildman–Crippen LogP) is 4.69. The Hall–Kier alpha value is -1.98. The molecule has 0 aromatic heterocycles. The smallest absolute Gasteiger partial charge is 0.101 e. The lowest BCUT2D eigenvalue weighted by Crippen LogP contribution is -2.18. The average Bonchev–Trinajstić information content (AvgIpc) is 2.69. The van der Waals surface area contributed by atoms with Gasteiger partial charge in [-0.3, -0.25) is 0 Å². The number of anilines is 2. The summed E-state index contributed by atoms with van der Waals surface area (Å²) in [7, 11) is 0. The maximum Gasteiger partial charge on any atom is 0.101 e. The Morgan fingerprint density at radius 2 is 1.90 bits per heavy atom. The van der Waals surface area contributed by atoms with Crippen molar-refractivity contribution >= 4 is 23.0 Å². The van der Waals surface area contributed by atoms with Crippen molar-refractivity contribution in [3.63, 3.8) is 0 Å². The highest BCUT2D eigenvalue weighted by molar-refractivity contribution is 6.30. The molecule has 0 radical (unpaired) electrons. The van der Waals surface area contributed by atoms with Gasteiger partial charge in [0, 0.05) is 17.3 Å². The molecule has 2 aromatic rings. The third-order valence-electron chi connectivity index (χ3n) is 3.73. The Kier molecular flexibility index (Phi) is 3.62. The highest BCUT2D eigenvalue weighted by atomic mass is 35.5. The molecule has 3 heteroatoms. The molecule has 0 unspecified atom stereocenters. The van der Waals surface area contributed by atoms with Gasteiger partial charge in [0.1, 0.15) is 6.07 Å². The second-order valence-corrected chi connectivity index (χ2v) is 5.45. The lowest BCUT2D eigenvalue weighted by atomic mass is 10.1. The lowest BCUT2D eigenvalue weighted by molar-refractivity contribution is 0.761. The zero-order valence-electron chi connectivity index (χ0n) is 11.1. The first-order chi connectivity index (χ1) is 9.79. The van der Waals surface area contributed by atoms with Gasteiger partial charge in [0.05, 0.1) is 11.3 Å². The van der Waals surface area contributed by atoms with Gasteiger partial charge in [-0.15, -0.1) is 0 Å². The largest absolute Gasteiger partial charge is 0.340 e. The monoisotopic (exact) mass is 282 g/mol. The molecule has 1 aliphatic rings. The maximum atomic E-state index is 9.36. The normalized spacial score (nSPS) is 14.3. The van der Waals surface area contributed by atoms with Crippen molar-refractivity contribution in [2.45, 2.75) is 19.3 Å². The van der Waals surface area contributed by atoms with E-state index in [1.807, 2.05) is 12.1 Å². The number of hydrogen-bond acceptors (Lipinski definition) is 2. The van der Waals surface area contributed by atoms with E-state index in [0.717, 1.165) is 25.1 Å². The highest BCUT2D eigenvalue weighted by Gasteiger charge is 2.18. The van der Waals surface area contributed by atoms with Crippen LogP contribution in [0.5, 0.6) is 0 Å². The molecule has 0 saturated carbocycles. The summed E-state index contributed by atoms with van der Waals surface area (Å²) in [5.41, 5.74) is 4.15. The Labute approximate surface area is 124 Å². The summed E-state index contributed by atoms with van der Waals surface area (Å²) >= 11 is 6.00. The lowest BCUT2D eigenvalue weighted by Gasteiger charge is -2.26. The van der Waals surface area contributed by atoms with Crippen LogP contribution in [-0.2, 0) is 6.42 Å². The van der Waals surface area contributed by atoms with Crippen molar-refractivity contribution in [3.05, 3.63) is 58.6 Å². The van der Waals surface area contributed by atoms with Gasteiger partial charge in [-0.05, 0) is 49.1 Å². The minimum absolute atomic E-state index is 0.605. The first kappa shape index (κ1) is 13.0. The van der Waals surface area contributed by atoms with E-state index in [4.69, 9.17) is 11.6 Å². The first-order valence-corrected chi connectivity index (χ1v) is 7.22. The highest BCUT2D eigenvalue weighted by Crippen LogP contribution is 2.35. The van der Waals surface area contributed by atoms with E-state index in [2.05, 4.69) is 35.2 Å². The Balaban J connectivity index is 2.13. The topological polar surface area (TPSA) is 27.0 Å². The van der Waals surface area contributed by atoms with Crippen LogP contribution in [0.1, 0.15) is 24.0 Å². The minimum atomic E-state index is 0.605. The van der Waals surface area contributed by atoms with Crippen molar-refractivity contribution < 1.29 is 0 Å². The molecule has 1 heterocycles. The van der Waals surface area contributed by atoms with E-state index < -0.39 is 0 Å². The molecule has 0 bridgehead atoms. The quantitative estimate of drug-likeness (QED) is 0.759. The van der Waals surface area contributed by atoms with Crippen LogP contribution in [0.15, 0.2) is 42.5 Å². The van der Waals surface area contributed by atoms with Crippen molar-refractivity contribution in [2.75, 3.05) is 11.4 Å². The Morgan fingerprint density at radius 1 is 1.05 bits per heavy atom. The summed E-state index contributed by atoms with van der Waals surface area (Å²) in [6.45, 7) is 0.938. The summed E-state index contributed by atoms with van der Waals surface area (Å²) in [4.78, 5) is 2.25. The fourth-order valence-corrected chi connectivity index (χ4v) is 2.95. The van der Waals surface area contributed by atoms with E-state index in [1.54, 1.807) is 6.07 Å². The fourth-order valence-electron chi connectivity index (χ4n) is 2.77. The van der Waals surface area contributed by atoms with Crippen LogP contribution in [-0.4, -0.2) is 6.54 Å². The van der Waals surface area contributed by atoms with Gasteiger partial charge in [0.2, 0.25) is 0 Å². The molecule has 20 heavy (non-hydrogen) atoms. The molecule has 0 saturated heterocycles. The molecule has 2 nitrogen and oxygen atoms in total. The number of nitrogens with zero attached hydrogens (tertiary/aromatic N) is 2. The molecular weight excluding hydrogens is 268 g/mol. The number of aryl methyl sites for hydroxylation is 1. The van der Waals surface area contributed by atoms with E-state index in [1.165, 1.54) is 17.7 Å². The summed E-state index contributed by atoms with van der Waals surface area (Å²) in [5.74, 6) is 0. The molecule has 0 aliphatic carbocycles. The van der Waals surface area contributed by atoms with Crippen LogP contribution in [0.3, 0.4) is 0 Å². The maximum absolute atomic E-state index is 9.36. The number of benzene rings is 2. The third-order valence-corrected chi connectivity index (χ3v) is 3.97. The molecule has 0 N–H and O–H groups in total. The van der Waals surface area contributed by atoms with Gasteiger partial charge in [-0.2, -0.15) is 5.26 Å². The van der Waals surface area contributed by atoms with E-state index in [9.17, 15) is 5.26 Å².